The minimum Gasteiger partial charge on any atom is -0.337 e. The highest BCUT2D eigenvalue weighted by atomic mass is 15.2. The molecule has 1 fully saturated rings. The first-order valence-electron chi connectivity index (χ1n) is 20.0. The van der Waals surface area contributed by atoms with Crippen molar-refractivity contribution in [3.05, 3.63) is 210 Å². The summed E-state index contributed by atoms with van der Waals surface area (Å²) in [4.78, 5) is 2.54. The van der Waals surface area contributed by atoms with E-state index in [2.05, 4.69) is 202 Å². The molecule has 276 valence electrons. The molecule has 0 amide bonds. The van der Waals surface area contributed by atoms with Crippen molar-refractivity contribution in [2.24, 2.45) is 0 Å². The highest BCUT2D eigenvalue weighted by Gasteiger charge is 2.46. The zero-order chi connectivity index (χ0) is 38.5. The first-order chi connectivity index (χ1) is 26.9. The van der Waals surface area contributed by atoms with Crippen molar-refractivity contribution in [1.82, 2.24) is 4.57 Å². The third kappa shape index (κ3) is 7.22. The lowest BCUT2D eigenvalue weighted by molar-refractivity contribution is 0.664. The van der Waals surface area contributed by atoms with Crippen LogP contribution in [0.1, 0.15) is 87.2 Å². The largest absolute Gasteiger partial charge is 0.337 e. The molecule has 1 aromatic heterocycles. The van der Waals surface area contributed by atoms with Crippen LogP contribution in [-0.2, 0) is 0 Å². The van der Waals surface area contributed by atoms with E-state index >= 15 is 0 Å². The number of allylic oxidation sites excluding steroid dienone is 11. The molecule has 55 heavy (non-hydrogen) atoms. The molecule has 2 unspecified atom stereocenters. The fraction of sp³-hybridized carbons (Fsp3) is 0.208. The molecule has 0 N–H and O–H groups in total. The zero-order valence-electron chi connectivity index (χ0n) is 33.2. The summed E-state index contributed by atoms with van der Waals surface area (Å²) >= 11 is 0. The van der Waals surface area contributed by atoms with Gasteiger partial charge in [-0.25, -0.2) is 0 Å². The van der Waals surface area contributed by atoms with Gasteiger partial charge < -0.3 is 9.47 Å². The molecule has 0 saturated heterocycles. The number of anilines is 1. The average Bonchev–Trinajstić information content (AvgIpc) is 3.82. The Kier molecular flexibility index (Phi) is 11.3. The second-order valence-electron chi connectivity index (χ2n) is 14.7. The van der Waals surface area contributed by atoms with Crippen LogP contribution in [0.2, 0.25) is 0 Å². The lowest BCUT2D eigenvalue weighted by Gasteiger charge is -2.28. The highest BCUT2D eigenvalue weighted by molar-refractivity contribution is 5.98. The molecular formula is C53H54N2. The van der Waals surface area contributed by atoms with E-state index in [0.29, 0.717) is 12.0 Å². The minimum atomic E-state index is 0.291. The monoisotopic (exact) mass is 718 g/mol. The summed E-state index contributed by atoms with van der Waals surface area (Å²) < 4.78 is 2.35. The number of fused-ring (bicyclic) bond motifs is 4. The maximum atomic E-state index is 4.71. The Morgan fingerprint density at radius 1 is 0.782 bits per heavy atom. The quantitative estimate of drug-likeness (QED) is 0.0921. The van der Waals surface area contributed by atoms with E-state index < -0.39 is 0 Å². The maximum Gasteiger partial charge on any atom is 0.0537 e. The molecule has 2 atom stereocenters. The van der Waals surface area contributed by atoms with Gasteiger partial charge in [0.1, 0.15) is 0 Å². The maximum absolute atomic E-state index is 4.71. The van der Waals surface area contributed by atoms with Crippen molar-refractivity contribution < 1.29 is 0 Å². The van der Waals surface area contributed by atoms with Crippen LogP contribution in [0.25, 0.3) is 33.3 Å². The SMILES string of the molecule is C=C(/C=C\C(=C/CCCC)c1ccc(C(/C=C2/CC3C(C2=C)c2ccccc2N3C(/C=C\C)=C/C)=C/C)cc1)c1c(C)n(-c2ccccc2)c2ccccc12. The summed E-state index contributed by atoms with van der Waals surface area (Å²) in [5.74, 6) is 0.291. The lowest BCUT2D eigenvalue weighted by Crippen LogP contribution is -2.30. The van der Waals surface area contributed by atoms with E-state index in [9.17, 15) is 0 Å². The second kappa shape index (κ2) is 16.7. The number of unbranched alkanes of at least 4 members (excludes halogenated alkanes) is 2. The molecule has 1 aliphatic heterocycles. The number of benzene rings is 4. The van der Waals surface area contributed by atoms with Gasteiger partial charge in [0.15, 0.2) is 0 Å². The van der Waals surface area contributed by atoms with Gasteiger partial charge in [-0.2, -0.15) is 0 Å². The van der Waals surface area contributed by atoms with Crippen LogP contribution in [0, 0.1) is 6.92 Å². The Labute approximate surface area is 329 Å². The third-order valence-corrected chi connectivity index (χ3v) is 11.4. The number of rotatable bonds is 12. The molecule has 2 heterocycles. The fourth-order valence-electron chi connectivity index (χ4n) is 8.73. The van der Waals surface area contributed by atoms with Crippen molar-refractivity contribution in [1.29, 1.82) is 0 Å². The van der Waals surface area contributed by atoms with Crippen molar-refractivity contribution in [3.63, 3.8) is 0 Å². The fourth-order valence-corrected chi connectivity index (χ4v) is 8.73. The van der Waals surface area contributed by atoms with Crippen LogP contribution < -0.4 is 4.90 Å². The third-order valence-electron chi connectivity index (χ3n) is 11.4. The Morgan fingerprint density at radius 3 is 2.18 bits per heavy atom. The van der Waals surface area contributed by atoms with E-state index in [0.717, 1.165) is 30.5 Å². The molecule has 1 saturated carbocycles. The Balaban J connectivity index is 1.16. The number of nitrogens with zero attached hydrogens (tertiary/aromatic N) is 2. The van der Waals surface area contributed by atoms with E-state index in [4.69, 9.17) is 6.58 Å². The van der Waals surface area contributed by atoms with Crippen LogP contribution in [0.3, 0.4) is 0 Å². The molecular weight excluding hydrogens is 665 g/mol. The summed E-state index contributed by atoms with van der Waals surface area (Å²) in [5.41, 5.74) is 17.2. The lowest BCUT2D eigenvalue weighted by atomic mass is 9.92. The topological polar surface area (TPSA) is 8.17 Å². The number of hydrogen-bond donors (Lipinski definition) is 0. The molecule has 2 aliphatic rings. The predicted octanol–water partition coefficient (Wildman–Crippen LogP) is 14.5. The van der Waals surface area contributed by atoms with Gasteiger partial charge in [0.05, 0.1) is 5.52 Å². The van der Waals surface area contributed by atoms with Crippen molar-refractivity contribution in [2.45, 2.75) is 72.3 Å². The van der Waals surface area contributed by atoms with E-state index in [-0.39, 0.29) is 0 Å². The zero-order valence-corrected chi connectivity index (χ0v) is 33.2. The van der Waals surface area contributed by atoms with Crippen molar-refractivity contribution in [2.75, 3.05) is 4.90 Å². The highest BCUT2D eigenvalue weighted by Crippen LogP contribution is 2.55. The van der Waals surface area contributed by atoms with Gasteiger partial charge in [-0.3, -0.25) is 0 Å². The second-order valence-corrected chi connectivity index (χ2v) is 14.7. The van der Waals surface area contributed by atoms with Gasteiger partial charge >= 0.3 is 0 Å². The first kappa shape index (κ1) is 37.5. The van der Waals surface area contributed by atoms with Crippen LogP contribution in [0.5, 0.6) is 0 Å². The summed E-state index contributed by atoms with van der Waals surface area (Å²) in [7, 11) is 0. The Morgan fingerprint density at radius 2 is 1.47 bits per heavy atom. The predicted molar refractivity (Wildman–Crippen MR) is 240 cm³/mol. The molecule has 0 radical (unpaired) electrons. The number of aromatic nitrogens is 1. The summed E-state index contributed by atoms with van der Waals surface area (Å²) in [5, 5.41) is 1.22. The molecule has 7 rings (SSSR count). The Bertz CT molecular complexity index is 2400. The van der Waals surface area contributed by atoms with E-state index in [1.54, 1.807) is 0 Å². The van der Waals surface area contributed by atoms with Crippen molar-refractivity contribution in [3.8, 4) is 5.69 Å². The standard InChI is InChI=1S/C53H54N2/c1-8-12-14-22-41(30-29-37(5)52-39(7)54(46-23-15-13-16-24-46)49-27-19-17-25-47(49)52)43-33-31-42(32-34-43)40(10-3)35-44-36-51-53(38(44)6)48-26-18-20-28-50(48)55(51)45(11-4)21-9-2/h9-11,13,15-35,51,53H,5-6,8,12,14,36H2,1-4,7H3/b21-9-,30-29-,40-10+,41-22+,44-35-,45-11+. The molecule has 1 aliphatic carbocycles. The summed E-state index contributed by atoms with van der Waals surface area (Å²) in [6.45, 7) is 20.2. The van der Waals surface area contributed by atoms with Gasteiger partial charge in [0.25, 0.3) is 0 Å². The van der Waals surface area contributed by atoms with Gasteiger partial charge in [-0.05, 0) is 115 Å². The van der Waals surface area contributed by atoms with Crippen LogP contribution in [0.4, 0.5) is 5.69 Å². The van der Waals surface area contributed by atoms with Gasteiger partial charge in [0.2, 0.25) is 0 Å². The smallest absolute Gasteiger partial charge is 0.0537 e. The average molecular weight is 719 g/mol. The van der Waals surface area contributed by atoms with Gasteiger partial charge in [0, 0.05) is 45.7 Å². The molecule has 4 aromatic carbocycles. The van der Waals surface area contributed by atoms with Gasteiger partial charge in [-0.1, -0.05) is 154 Å². The Hall–Kier alpha value is -5.86. The van der Waals surface area contributed by atoms with Gasteiger partial charge in [-0.15, -0.1) is 0 Å². The van der Waals surface area contributed by atoms with Crippen LogP contribution in [-0.4, -0.2) is 10.6 Å². The minimum absolute atomic E-state index is 0.291. The van der Waals surface area contributed by atoms with Crippen molar-refractivity contribution >= 4 is 33.3 Å². The van der Waals surface area contributed by atoms with E-state index in [1.807, 2.05) is 0 Å². The molecule has 0 spiro atoms. The van der Waals surface area contributed by atoms with Crippen LogP contribution >= 0.6 is 0 Å². The molecule has 2 heteroatoms. The summed E-state index contributed by atoms with van der Waals surface area (Å²) in [6, 6.07) is 37.6. The van der Waals surface area contributed by atoms with E-state index in [1.165, 1.54) is 78.9 Å². The normalized spacial score (nSPS) is 18.3. The molecule has 2 nitrogen and oxygen atoms in total. The summed E-state index contributed by atoms with van der Waals surface area (Å²) in [6.07, 6.45) is 22.4. The van der Waals surface area contributed by atoms with Crippen LogP contribution in [0.15, 0.2) is 182 Å². The molecule has 5 aromatic rings. The molecule has 0 bridgehead atoms. The number of para-hydroxylation sites is 3. The first-order valence-corrected chi connectivity index (χ1v) is 20.0. The number of hydrogen-bond acceptors (Lipinski definition) is 1.